The first-order valence-electron chi connectivity index (χ1n) is 9.58. The third kappa shape index (κ3) is 3.80. The highest BCUT2D eigenvalue weighted by atomic mass is 32.1. The predicted octanol–water partition coefficient (Wildman–Crippen LogP) is 4.50. The minimum absolute atomic E-state index is 0.0766. The molecule has 1 amide bonds. The Hall–Kier alpha value is -2.67. The zero-order valence-corrected chi connectivity index (χ0v) is 16.5. The van der Waals surface area contributed by atoms with Gasteiger partial charge in [-0.25, -0.2) is 9.78 Å². The van der Waals surface area contributed by atoms with Gasteiger partial charge in [0.2, 0.25) is 5.76 Å². The number of para-hydroxylation sites is 1. The highest BCUT2D eigenvalue weighted by Crippen LogP contribution is 2.31. The van der Waals surface area contributed by atoms with Gasteiger partial charge in [0.15, 0.2) is 17.4 Å². The topological polar surface area (TPSA) is 72.6 Å². The van der Waals surface area contributed by atoms with Gasteiger partial charge in [-0.05, 0) is 49.9 Å². The van der Waals surface area contributed by atoms with Crippen LogP contribution in [0.3, 0.4) is 0 Å². The van der Waals surface area contributed by atoms with Crippen molar-refractivity contribution in [2.45, 2.75) is 38.6 Å². The van der Waals surface area contributed by atoms with Crippen LogP contribution in [0.25, 0.3) is 21.0 Å². The molecule has 3 aromatic rings. The molecule has 0 spiro atoms. The number of piperidine rings is 1. The molecule has 0 aliphatic carbocycles. The second kappa shape index (κ2) is 8.14. The van der Waals surface area contributed by atoms with E-state index >= 15 is 0 Å². The molecule has 0 saturated carbocycles. The fourth-order valence-electron chi connectivity index (χ4n) is 3.57. The van der Waals surface area contributed by atoms with E-state index in [2.05, 4.69) is 11.9 Å². The molecule has 0 unspecified atom stereocenters. The number of carbonyl (C=O) groups excluding carboxylic acids is 2. The van der Waals surface area contributed by atoms with Crippen molar-refractivity contribution in [3.63, 3.8) is 0 Å². The molecule has 7 heteroatoms. The molecule has 1 atom stereocenters. The highest BCUT2D eigenvalue weighted by molar-refractivity contribution is 7.21. The number of hydrogen-bond acceptors (Lipinski definition) is 6. The fourth-order valence-corrected chi connectivity index (χ4v) is 4.50. The lowest BCUT2D eigenvalue weighted by Crippen LogP contribution is -2.45. The first-order valence-corrected chi connectivity index (χ1v) is 10.4. The van der Waals surface area contributed by atoms with E-state index in [-0.39, 0.29) is 24.3 Å². The number of furan rings is 1. The normalized spacial score (nSPS) is 17.0. The molecular formula is C21H22N2O4S. The predicted molar refractivity (Wildman–Crippen MR) is 107 cm³/mol. The molecule has 1 aliphatic rings. The van der Waals surface area contributed by atoms with Crippen molar-refractivity contribution in [3.05, 3.63) is 42.2 Å². The highest BCUT2D eigenvalue weighted by Gasteiger charge is 2.26. The summed E-state index contributed by atoms with van der Waals surface area (Å²) in [6, 6.07) is 11.3. The van der Waals surface area contributed by atoms with Gasteiger partial charge in [0, 0.05) is 12.6 Å². The van der Waals surface area contributed by atoms with Gasteiger partial charge in [0.05, 0.1) is 10.2 Å². The number of thiazole rings is 1. The molecular weight excluding hydrogens is 376 g/mol. The number of benzene rings is 1. The lowest BCUT2D eigenvalue weighted by Gasteiger charge is -2.35. The van der Waals surface area contributed by atoms with Crippen molar-refractivity contribution in [2.24, 2.45) is 0 Å². The maximum Gasteiger partial charge on any atom is 0.374 e. The Balaban J connectivity index is 1.39. The smallest absolute Gasteiger partial charge is 0.374 e. The molecule has 6 nitrogen and oxygen atoms in total. The van der Waals surface area contributed by atoms with Crippen LogP contribution in [0.15, 0.2) is 40.8 Å². The second-order valence-electron chi connectivity index (χ2n) is 6.87. The number of carbonyl (C=O) groups is 2. The first kappa shape index (κ1) is 18.7. The minimum atomic E-state index is -0.634. The van der Waals surface area contributed by atoms with E-state index in [1.807, 2.05) is 29.2 Å². The molecule has 0 N–H and O–H groups in total. The van der Waals surface area contributed by atoms with Crippen molar-refractivity contribution < 1.29 is 18.7 Å². The Morgan fingerprint density at radius 3 is 2.93 bits per heavy atom. The van der Waals surface area contributed by atoms with Crippen LogP contribution in [-0.4, -0.2) is 41.0 Å². The Kier molecular flexibility index (Phi) is 5.43. The average molecular weight is 398 g/mol. The fraction of sp³-hybridized carbons (Fsp3) is 0.381. The molecule has 146 valence electrons. The Bertz CT molecular complexity index is 960. The molecule has 3 heterocycles. The van der Waals surface area contributed by atoms with Crippen molar-refractivity contribution in [3.8, 4) is 10.8 Å². The van der Waals surface area contributed by atoms with Crippen molar-refractivity contribution >= 4 is 33.4 Å². The molecule has 4 rings (SSSR count). The molecule has 2 aromatic heterocycles. The third-order valence-corrected chi connectivity index (χ3v) is 6.11. The van der Waals surface area contributed by atoms with E-state index in [1.165, 1.54) is 11.3 Å². The Labute approximate surface area is 167 Å². The number of ether oxygens (including phenoxy) is 1. The molecule has 1 saturated heterocycles. The number of hydrogen-bond donors (Lipinski definition) is 0. The summed E-state index contributed by atoms with van der Waals surface area (Å²) in [6.07, 6.45) is 4.08. The van der Waals surface area contributed by atoms with E-state index in [0.29, 0.717) is 10.8 Å². The van der Waals surface area contributed by atoms with Crippen molar-refractivity contribution in [1.29, 1.82) is 0 Å². The summed E-state index contributed by atoms with van der Waals surface area (Å²) < 4.78 is 11.9. The second-order valence-corrected chi connectivity index (χ2v) is 7.90. The summed E-state index contributed by atoms with van der Waals surface area (Å²) in [4.78, 5) is 31.1. The number of likely N-dealkylation sites (tertiary alicyclic amines) is 1. The Morgan fingerprint density at radius 2 is 2.11 bits per heavy atom. The van der Waals surface area contributed by atoms with E-state index in [0.717, 1.165) is 42.4 Å². The quantitative estimate of drug-likeness (QED) is 0.592. The summed E-state index contributed by atoms with van der Waals surface area (Å²) in [5, 5.41) is 0.704. The lowest BCUT2D eigenvalue weighted by atomic mass is 10.00. The van der Waals surface area contributed by atoms with Crippen LogP contribution in [0.4, 0.5) is 0 Å². The van der Waals surface area contributed by atoms with Crippen molar-refractivity contribution in [2.75, 3.05) is 13.2 Å². The van der Waals surface area contributed by atoms with Crippen LogP contribution in [0.5, 0.6) is 0 Å². The zero-order valence-electron chi connectivity index (χ0n) is 15.7. The van der Waals surface area contributed by atoms with E-state index in [9.17, 15) is 9.59 Å². The van der Waals surface area contributed by atoms with Gasteiger partial charge >= 0.3 is 5.97 Å². The molecule has 1 aliphatic heterocycles. The van der Waals surface area contributed by atoms with Crippen LogP contribution in [0.1, 0.15) is 43.2 Å². The van der Waals surface area contributed by atoms with Crippen LogP contribution in [0.2, 0.25) is 0 Å². The molecule has 28 heavy (non-hydrogen) atoms. The zero-order chi connectivity index (χ0) is 19.5. The maximum atomic E-state index is 12.4. The van der Waals surface area contributed by atoms with E-state index in [1.54, 1.807) is 12.1 Å². The molecule has 1 fully saturated rings. The summed E-state index contributed by atoms with van der Waals surface area (Å²) in [7, 11) is 0. The average Bonchev–Trinajstić information content (AvgIpc) is 3.38. The third-order valence-electron chi connectivity index (χ3n) is 5.06. The summed E-state index contributed by atoms with van der Waals surface area (Å²) in [5.74, 6) is -0.182. The van der Waals surface area contributed by atoms with Gasteiger partial charge in [0.25, 0.3) is 5.91 Å². The monoisotopic (exact) mass is 398 g/mol. The van der Waals surface area contributed by atoms with Crippen LogP contribution < -0.4 is 0 Å². The first-order chi connectivity index (χ1) is 13.7. The molecule has 0 bridgehead atoms. The molecule has 1 aromatic carbocycles. The number of esters is 1. The summed E-state index contributed by atoms with van der Waals surface area (Å²) in [6.45, 7) is 2.55. The van der Waals surface area contributed by atoms with Crippen LogP contribution in [0, 0.1) is 0 Å². The van der Waals surface area contributed by atoms with E-state index in [4.69, 9.17) is 9.15 Å². The number of rotatable bonds is 5. The van der Waals surface area contributed by atoms with Crippen molar-refractivity contribution in [1.82, 2.24) is 9.88 Å². The maximum absolute atomic E-state index is 12.4. The summed E-state index contributed by atoms with van der Waals surface area (Å²) in [5.41, 5.74) is 0.889. The number of aromatic nitrogens is 1. The van der Waals surface area contributed by atoms with Gasteiger partial charge in [-0.15, -0.1) is 11.3 Å². The Morgan fingerprint density at radius 1 is 1.25 bits per heavy atom. The minimum Gasteiger partial charge on any atom is -0.450 e. The van der Waals surface area contributed by atoms with Gasteiger partial charge in [0.1, 0.15) is 0 Å². The van der Waals surface area contributed by atoms with E-state index < -0.39 is 5.97 Å². The lowest BCUT2D eigenvalue weighted by molar-refractivity contribution is -0.138. The standard InChI is InChI=1S/C21H22N2O4S/c1-2-14-7-5-6-12-23(14)19(24)13-26-21(25)17-11-10-16(27-17)20-22-15-8-3-4-9-18(15)28-20/h3-4,8-11,14H,2,5-7,12-13H2,1H3/t14-/m0/s1. The van der Waals surface area contributed by atoms with Gasteiger partial charge in [-0.1, -0.05) is 19.1 Å². The van der Waals surface area contributed by atoms with Gasteiger partial charge in [-0.3, -0.25) is 4.79 Å². The largest absolute Gasteiger partial charge is 0.450 e. The van der Waals surface area contributed by atoms with Crippen LogP contribution >= 0.6 is 11.3 Å². The number of nitrogens with zero attached hydrogens (tertiary/aromatic N) is 2. The SMILES string of the molecule is CC[C@H]1CCCCN1C(=O)COC(=O)c1ccc(-c2nc3ccccc3s2)o1. The van der Waals surface area contributed by atoms with Crippen LogP contribution in [-0.2, 0) is 9.53 Å². The van der Waals surface area contributed by atoms with Gasteiger partial charge < -0.3 is 14.1 Å². The molecule has 0 radical (unpaired) electrons. The number of fused-ring (bicyclic) bond motifs is 1. The summed E-state index contributed by atoms with van der Waals surface area (Å²) >= 11 is 1.50. The van der Waals surface area contributed by atoms with Gasteiger partial charge in [-0.2, -0.15) is 0 Å². The number of amides is 1.